The predicted octanol–water partition coefficient (Wildman–Crippen LogP) is 1.10. The molecule has 2 aliphatic rings. The molecule has 2 saturated heterocycles. The van der Waals surface area contributed by atoms with Gasteiger partial charge in [0.25, 0.3) is 5.91 Å². The first-order chi connectivity index (χ1) is 13.0. The van der Waals surface area contributed by atoms with Crippen LogP contribution in [0.4, 0.5) is 5.69 Å². The quantitative estimate of drug-likeness (QED) is 0.758. The van der Waals surface area contributed by atoms with Crippen LogP contribution in [0.2, 0.25) is 5.02 Å². The molecule has 27 heavy (non-hydrogen) atoms. The molecule has 0 bridgehead atoms. The molecule has 0 spiro atoms. The van der Waals surface area contributed by atoms with Crippen LogP contribution in [0.5, 0.6) is 0 Å². The fourth-order valence-electron chi connectivity index (χ4n) is 3.39. The van der Waals surface area contributed by atoms with E-state index < -0.39 is 11.7 Å². The molecule has 1 aromatic rings. The molecule has 2 aliphatic heterocycles. The number of carbonyl (C=O) groups excluding carboxylic acids is 3. The van der Waals surface area contributed by atoms with E-state index in [1.54, 1.807) is 4.90 Å². The van der Waals surface area contributed by atoms with Gasteiger partial charge in [-0.3, -0.25) is 14.4 Å². The Kier molecular flexibility index (Phi) is 6.68. The van der Waals surface area contributed by atoms with Gasteiger partial charge in [0.2, 0.25) is 11.7 Å². The molecule has 1 N–H and O–H groups in total. The van der Waals surface area contributed by atoms with Crippen LogP contribution in [-0.2, 0) is 19.1 Å². The van der Waals surface area contributed by atoms with Gasteiger partial charge in [-0.15, -0.1) is 0 Å². The number of amides is 2. The normalized spacial score (nSPS) is 18.3. The lowest BCUT2D eigenvalue weighted by atomic mass is 9.95. The molecule has 1 aromatic carbocycles. The maximum atomic E-state index is 12.3. The highest BCUT2D eigenvalue weighted by Crippen LogP contribution is 2.20. The van der Waals surface area contributed by atoms with Crippen molar-refractivity contribution in [2.24, 2.45) is 5.92 Å². The van der Waals surface area contributed by atoms with Gasteiger partial charge in [-0.2, -0.15) is 0 Å². The van der Waals surface area contributed by atoms with E-state index >= 15 is 0 Å². The number of Topliss-reactive ketones (excluding diaryl/α,β-unsaturated/α-hetero) is 1. The predicted molar refractivity (Wildman–Crippen MR) is 102 cm³/mol. The Bertz CT molecular complexity index is 698. The summed E-state index contributed by atoms with van der Waals surface area (Å²) in [5.74, 6) is -1.59. The zero-order valence-electron chi connectivity index (χ0n) is 15.2. The van der Waals surface area contributed by atoms with Crippen molar-refractivity contribution in [1.29, 1.82) is 0 Å². The summed E-state index contributed by atoms with van der Waals surface area (Å²) in [7, 11) is 0. The van der Waals surface area contributed by atoms with Crippen LogP contribution in [-0.4, -0.2) is 68.4 Å². The van der Waals surface area contributed by atoms with E-state index in [-0.39, 0.29) is 18.4 Å². The molecule has 0 radical (unpaired) electrons. The number of nitrogens with zero attached hydrogens (tertiary/aromatic N) is 2. The largest absolute Gasteiger partial charge is 0.381 e. The first-order valence-corrected chi connectivity index (χ1v) is 9.60. The van der Waals surface area contributed by atoms with Gasteiger partial charge in [0.05, 0.1) is 6.54 Å². The van der Waals surface area contributed by atoms with E-state index in [4.69, 9.17) is 16.3 Å². The molecule has 0 unspecified atom stereocenters. The van der Waals surface area contributed by atoms with Gasteiger partial charge in [0.15, 0.2) is 0 Å². The lowest BCUT2D eigenvalue weighted by Gasteiger charge is -2.36. The van der Waals surface area contributed by atoms with Crippen LogP contribution in [0.25, 0.3) is 0 Å². The molecular formula is C19H24ClN3O4. The number of ketones is 1. The minimum absolute atomic E-state index is 0.148. The average molecular weight is 394 g/mol. The Morgan fingerprint density at radius 3 is 2.48 bits per heavy atom. The smallest absolute Gasteiger partial charge is 0.288 e. The summed E-state index contributed by atoms with van der Waals surface area (Å²) in [6, 6.07) is 7.63. The Morgan fingerprint density at radius 1 is 1.11 bits per heavy atom. The Labute approximate surface area is 163 Å². The van der Waals surface area contributed by atoms with E-state index in [9.17, 15) is 14.4 Å². The van der Waals surface area contributed by atoms with Crippen LogP contribution in [0.1, 0.15) is 12.8 Å². The van der Waals surface area contributed by atoms with Gasteiger partial charge in [-0.05, 0) is 31.0 Å². The third-order valence-electron chi connectivity index (χ3n) is 5.02. The van der Waals surface area contributed by atoms with E-state index in [2.05, 4.69) is 10.2 Å². The molecule has 8 heteroatoms. The van der Waals surface area contributed by atoms with Crippen LogP contribution in [0, 0.1) is 5.92 Å². The fraction of sp³-hybridized carbons (Fsp3) is 0.526. The third kappa shape index (κ3) is 5.20. The number of rotatable bonds is 5. The number of hydrogen-bond donors (Lipinski definition) is 1. The van der Waals surface area contributed by atoms with Gasteiger partial charge in [0, 0.05) is 56.0 Å². The summed E-state index contributed by atoms with van der Waals surface area (Å²) in [5, 5.41) is 3.16. The average Bonchev–Trinajstić information content (AvgIpc) is 2.72. The lowest BCUT2D eigenvalue weighted by molar-refractivity contribution is -0.143. The minimum Gasteiger partial charge on any atom is -0.381 e. The number of hydrogen-bond acceptors (Lipinski definition) is 5. The first-order valence-electron chi connectivity index (χ1n) is 9.22. The molecule has 0 aromatic heterocycles. The number of carbonyl (C=O) groups is 3. The number of nitrogens with one attached hydrogen (secondary N) is 1. The summed E-state index contributed by atoms with van der Waals surface area (Å²) in [4.78, 5) is 40.3. The Hall–Kier alpha value is -2.12. The van der Waals surface area contributed by atoms with Gasteiger partial charge in [-0.25, -0.2) is 0 Å². The first kappa shape index (κ1) is 19.6. The molecule has 0 saturated carbocycles. The van der Waals surface area contributed by atoms with Crippen LogP contribution in [0.15, 0.2) is 24.3 Å². The topological polar surface area (TPSA) is 79.0 Å². The SMILES string of the molecule is O=C(NCC(=O)N1CCN(c2cccc(Cl)c2)CC1)C(=O)C1CCOCC1. The molecule has 0 aliphatic carbocycles. The molecular weight excluding hydrogens is 370 g/mol. The van der Waals surface area contributed by atoms with Gasteiger partial charge in [-0.1, -0.05) is 17.7 Å². The number of anilines is 1. The van der Waals surface area contributed by atoms with Crippen molar-refractivity contribution >= 4 is 34.9 Å². The fourth-order valence-corrected chi connectivity index (χ4v) is 3.57. The van der Waals surface area contributed by atoms with Crippen LogP contribution in [0.3, 0.4) is 0 Å². The number of ether oxygens (including phenoxy) is 1. The summed E-state index contributed by atoms with van der Waals surface area (Å²) >= 11 is 6.03. The highest BCUT2D eigenvalue weighted by molar-refractivity contribution is 6.37. The second-order valence-corrected chi connectivity index (χ2v) is 7.22. The van der Waals surface area contributed by atoms with Gasteiger partial charge < -0.3 is 19.9 Å². The van der Waals surface area contributed by atoms with Crippen molar-refractivity contribution in [3.63, 3.8) is 0 Å². The summed E-state index contributed by atoms with van der Waals surface area (Å²) in [5.41, 5.74) is 1.03. The summed E-state index contributed by atoms with van der Waals surface area (Å²) in [6.07, 6.45) is 1.12. The number of halogens is 1. The van der Waals surface area contributed by atoms with Gasteiger partial charge >= 0.3 is 0 Å². The third-order valence-corrected chi connectivity index (χ3v) is 5.26. The Morgan fingerprint density at radius 2 is 1.81 bits per heavy atom. The molecule has 2 amide bonds. The van der Waals surface area contributed by atoms with Crippen molar-refractivity contribution in [3.05, 3.63) is 29.3 Å². The van der Waals surface area contributed by atoms with E-state index in [1.807, 2.05) is 24.3 Å². The van der Waals surface area contributed by atoms with E-state index in [1.165, 1.54) is 0 Å². The highest BCUT2D eigenvalue weighted by Gasteiger charge is 2.28. The molecule has 3 rings (SSSR count). The van der Waals surface area contributed by atoms with Gasteiger partial charge in [0.1, 0.15) is 0 Å². The van der Waals surface area contributed by atoms with Crippen molar-refractivity contribution in [1.82, 2.24) is 10.2 Å². The molecule has 146 valence electrons. The zero-order valence-corrected chi connectivity index (χ0v) is 15.9. The second kappa shape index (κ2) is 9.19. The molecule has 7 nitrogen and oxygen atoms in total. The summed E-state index contributed by atoms with van der Waals surface area (Å²) in [6.45, 7) is 3.37. The van der Waals surface area contributed by atoms with Crippen LogP contribution < -0.4 is 10.2 Å². The standard InChI is InChI=1S/C19H24ClN3O4/c20-15-2-1-3-16(12-15)22-6-8-23(9-7-22)17(24)13-21-19(26)18(25)14-4-10-27-11-5-14/h1-3,12,14H,4-11,13H2,(H,21,26). The van der Waals surface area contributed by atoms with E-state index in [0.29, 0.717) is 57.3 Å². The molecule has 2 heterocycles. The van der Waals surface area contributed by atoms with Crippen molar-refractivity contribution in [2.75, 3.05) is 50.8 Å². The minimum atomic E-state index is -0.673. The van der Waals surface area contributed by atoms with Crippen molar-refractivity contribution in [2.45, 2.75) is 12.8 Å². The highest BCUT2D eigenvalue weighted by atomic mass is 35.5. The summed E-state index contributed by atoms with van der Waals surface area (Å²) < 4.78 is 5.20. The lowest BCUT2D eigenvalue weighted by Crippen LogP contribution is -2.52. The molecule has 2 fully saturated rings. The monoisotopic (exact) mass is 393 g/mol. The van der Waals surface area contributed by atoms with E-state index in [0.717, 1.165) is 5.69 Å². The van der Waals surface area contributed by atoms with Crippen LogP contribution >= 0.6 is 11.6 Å². The Balaban J connectivity index is 1.42. The van der Waals surface area contributed by atoms with Crippen molar-refractivity contribution in [3.8, 4) is 0 Å². The maximum absolute atomic E-state index is 12.3. The number of benzene rings is 1. The zero-order chi connectivity index (χ0) is 19.2. The second-order valence-electron chi connectivity index (χ2n) is 6.78. The number of piperazine rings is 1. The maximum Gasteiger partial charge on any atom is 0.288 e. The van der Waals surface area contributed by atoms with Crippen molar-refractivity contribution < 1.29 is 19.1 Å². The molecule has 0 atom stereocenters.